The fraction of sp³-hybridized carbons (Fsp3) is 0.286. The third kappa shape index (κ3) is 4.57. The van der Waals surface area contributed by atoms with E-state index in [0.717, 1.165) is 11.3 Å². The molecule has 0 N–H and O–H groups in total. The van der Waals surface area contributed by atoms with Gasteiger partial charge >= 0.3 is 5.97 Å². The van der Waals surface area contributed by atoms with Crippen LogP contribution in [0.25, 0.3) is 16.6 Å². The number of nitrogens with zero attached hydrogens (tertiary/aromatic N) is 2. The zero-order valence-corrected chi connectivity index (χ0v) is 16.7. The van der Waals surface area contributed by atoms with Crippen LogP contribution in [0.3, 0.4) is 0 Å². The third-order valence-corrected chi connectivity index (χ3v) is 4.69. The molecule has 0 aliphatic heterocycles. The van der Waals surface area contributed by atoms with E-state index in [1.54, 1.807) is 16.7 Å². The maximum absolute atomic E-state index is 13.1. The fourth-order valence-electron chi connectivity index (χ4n) is 2.63. The first-order valence-electron chi connectivity index (χ1n) is 8.68. The van der Waals surface area contributed by atoms with Gasteiger partial charge < -0.3 is 4.74 Å². The van der Waals surface area contributed by atoms with Crippen molar-refractivity contribution in [3.05, 3.63) is 64.4 Å². The maximum atomic E-state index is 13.1. The molecule has 1 aromatic heterocycles. The average molecular weight is 382 g/mol. The van der Waals surface area contributed by atoms with E-state index in [1.165, 1.54) is 11.8 Å². The van der Waals surface area contributed by atoms with Crippen LogP contribution >= 0.6 is 11.8 Å². The number of esters is 1. The van der Waals surface area contributed by atoms with Gasteiger partial charge in [0, 0.05) is 0 Å². The van der Waals surface area contributed by atoms with E-state index in [4.69, 9.17) is 4.74 Å². The molecule has 140 valence electrons. The predicted octanol–water partition coefficient (Wildman–Crippen LogP) is 4.13. The van der Waals surface area contributed by atoms with Crippen LogP contribution in [0.2, 0.25) is 0 Å². The van der Waals surface area contributed by atoms with Crippen LogP contribution in [0.15, 0.2) is 58.5 Å². The summed E-state index contributed by atoms with van der Waals surface area (Å²) in [5, 5.41) is 1.01. The molecule has 0 aliphatic carbocycles. The van der Waals surface area contributed by atoms with Crippen molar-refractivity contribution in [1.82, 2.24) is 9.55 Å². The fourth-order valence-corrected chi connectivity index (χ4v) is 3.41. The van der Waals surface area contributed by atoms with Crippen molar-refractivity contribution in [1.29, 1.82) is 0 Å². The number of carbonyl (C=O) groups excluding carboxylic acids is 1. The molecular weight excluding hydrogens is 360 g/mol. The Morgan fingerprint density at radius 1 is 1.11 bits per heavy atom. The molecule has 0 spiro atoms. The summed E-state index contributed by atoms with van der Waals surface area (Å²) < 4.78 is 6.92. The first-order valence-corrected chi connectivity index (χ1v) is 9.67. The lowest BCUT2D eigenvalue weighted by molar-refractivity contribution is -0.151. The van der Waals surface area contributed by atoms with Gasteiger partial charge in [-0.15, -0.1) is 0 Å². The molecule has 27 heavy (non-hydrogen) atoms. The van der Waals surface area contributed by atoms with Crippen LogP contribution in [0, 0.1) is 6.92 Å². The van der Waals surface area contributed by atoms with Gasteiger partial charge in [0.15, 0.2) is 5.16 Å². The van der Waals surface area contributed by atoms with E-state index in [9.17, 15) is 9.59 Å². The second kappa shape index (κ2) is 7.56. The topological polar surface area (TPSA) is 61.2 Å². The molecule has 0 aliphatic rings. The maximum Gasteiger partial charge on any atom is 0.316 e. The summed E-state index contributed by atoms with van der Waals surface area (Å²) in [4.78, 5) is 29.8. The molecule has 0 bridgehead atoms. The van der Waals surface area contributed by atoms with Crippen LogP contribution in [-0.4, -0.2) is 26.9 Å². The molecule has 0 fully saturated rings. The Morgan fingerprint density at radius 3 is 2.44 bits per heavy atom. The van der Waals surface area contributed by atoms with Gasteiger partial charge in [0.2, 0.25) is 0 Å². The van der Waals surface area contributed by atoms with E-state index in [-0.39, 0.29) is 17.3 Å². The summed E-state index contributed by atoms with van der Waals surface area (Å²) in [6, 6.07) is 14.9. The third-order valence-electron chi connectivity index (χ3n) is 3.78. The molecular formula is C21H22N2O3S. The minimum Gasteiger partial charge on any atom is -0.459 e. The lowest BCUT2D eigenvalue weighted by Crippen LogP contribution is -2.26. The number of hydrogen-bond donors (Lipinski definition) is 0. The number of aromatic nitrogens is 2. The zero-order valence-electron chi connectivity index (χ0n) is 15.9. The van der Waals surface area contributed by atoms with Crippen molar-refractivity contribution in [2.75, 3.05) is 5.75 Å². The van der Waals surface area contributed by atoms with Gasteiger partial charge in [-0.3, -0.25) is 14.2 Å². The number of benzene rings is 2. The average Bonchev–Trinajstić information content (AvgIpc) is 2.60. The molecule has 5 nitrogen and oxygen atoms in total. The van der Waals surface area contributed by atoms with E-state index in [0.29, 0.717) is 16.1 Å². The van der Waals surface area contributed by atoms with Crippen molar-refractivity contribution < 1.29 is 9.53 Å². The van der Waals surface area contributed by atoms with Crippen LogP contribution in [0.1, 0.15) is 26.3 Å². The zero-order chi connectivity index (χ0) is 19.6. The largest absolute Gasteiger partial charge is 0.459 e. The van der Waals surface area contributed by atoms with Crippen LogP contribution in [0.5, 0.6) is 0 Å². The van der Waals surface area contributed by atoms with Gasteiger partial charge in [-0.25, -0.2) is 4.98 Å². The summed E-state index contributed by atoms with van der Waals surface area (Å²) in [6.45, 7) is 7.47. The molecule has 3 aromatic rings. The van der Waals surface area contributed by atoms with Crippen molar-refractivity contribution in [2.24, 2.45) is 0 Å². The van der Waals surface area contributed by atoms with E-state index in [1.807, 2.05) is 64.1 Å². The van der Waals surface area contributed by atoms with Gasteiger partial charge in [0.05, 0.1) is 22.3 Å². The quantitative estimate of drug-likeness (QED) is 0.386. The van der Waals surface area contributed by atoms with Crippen molar-refractivity contribution in [3.8, 4) is 5.69 Å². The van der Waals surface area contributed by atoms with Gasteiger partial charge in [0.1, 0.15) is 5.60 Å². The van der Waals surface area contributed by atoms with E-state index in [2.05, 4.69) is 4.98 Å². The lowest BCUT2D eigenvalue weighted by atomic mass is 10.2. The lowest BCUT2D eigenvalue weighted by Gasteiger charge is -2.19. The van der Waals surface area contributed by atoms with Gasteiger partial charge in [-0.05, 0) is 52.0 Å². The summed E-state index contributed by atoms with van der Waals surface area (Å²) in [6.07, 6.45) is 0. The predicted molar refractivity (Wildman–Crippen MR) is 109 cm³/mol. The smallest absolute Gasteiger partial charge is 0.316 e. The Bertz CT molecular complexity index is 1030. The Morgan fingerprint density at radius 2 is 1.78 bits per heavy atom. The Hall–Kier alpha value is -2.60. The minimum atomic E-state index is -0.551. The highest BCUT2D eigenvalue weighted by molar-refractivity contribution is 7.99. The number of hydrogen-bond acceptors (Lipinski definition) is 5. The van der Waals surface area contributed by atoms with Crippen LogP contribution in [0.4, 0.5) is 0 Å². The van der Waals surface area contributed by atoms with Crippen LogP contribution < -0.4 is 5.56 Å². The molecule has 0 amide bonds. The molecule has 1 heterocycles. The highest BCUT2D eigenvalue weighted by Gasteiger charge is 2.19. The Balaban J connectivity index is 2.04. The van der Waals surface area contributed by atoms with Gasteiger partial charge in [-0.2, -0.15) is 0 Å². The van der Waals surface area contributed by atoms with E-state index < -0.39 is 5.60 Å². The number of fused-ring (bicyclic) bond motifs is 1. The number of rotatable bonds is 4. The molecule has 0 saturated heterocycles. The van der Waals surface area contributed by atoms with Crippen molar-refractivity contribution in [2.45, 2.75) is 38.5 Å². The molecule has 0 atom stereocenters. The van der Waals surface area contributed by atoms with E-state index >= 15 is 0 Å². The summed E-state index contributed by atoms with van der Waals surface area (Å²) >= 11 is 1.20. The molecule has 2 aromatic carbocycles. The van der Waals surface area contributed by atoms with Crippen molar-refractivity contribution in [3.63, 3.8) is 0 Å². The van der Waals surface area contributed by atoms with Crippen molar-refractivity contribution >= 4 is 28.6 Å². The monoisotopic (exact) mass is 382 g/mol. The standard InChI is InChI=1S/C21H22N2O3S/c1-14-9-11-15(12-10-14)23-19(25)16-7-5-6-8-17(16)22-20(23)27-13-18(24)26-21(2,3)4/h5-12H,13H2,1-4H3. The summed E-state index contributed by atoms with van der Waals surface area (Å²) in [5.74, 6) is -0.265. The minimum absolute atomic E-state index is 0.0773. The first kappa shape index (κ1) is 19.2. The summed E-state index contributed by atoms with van der Waals surface area (Å²) in [5.41, 5.74) is 1.72. The van der Waals surface area contributed by atoms with Gasteiger partial charge in [0.25, 0.3) is 5.56 Å². The number of para-hydroxylation sites is 1. The number of aryl methyl sites for hydroxylation is 1. The summed E-state index contributed by atoms with van der Waals surface area (Å²) in [7, 11) is 0. The molecule has 6 heteroatoms. The number of carbonyl (C=O) groups is 1. The molecule has 0 radical (unpaired) electrons. The molecule has 0 saturated carbocycles. The highest BCUT2D eigenvalue weighted by atomic mass is 32.2. The number of thioether (sulfide) groups is 1. The normalized spacial score (nSPS) is 11.6. The number of ether oxygens (including phenoxy) is 1. The molecule has 0 unspecified atom stereocenters. The first-order chi connectivity index (χ1) is 12.7. The highest BCUT2D eigenvalue weighted by Crippen LogP contribution is 2.22. The molecule has 3 rings (SSSR count). The van der Waals surface area contributed by atoms with Crippen LogP contribution in [-0.2, 0) is 9.53 Å². The Labute approximate surface area is 162 Å². The Kier molecular flexibility index (Phi) is 5.37. The van der Waals surface area contributed by atoms with Gasteiger partial charge in [-0.1, -0.05) is 41.6 Å². The second-order valence-corrected chi connectivity index (χ2v) is 8.21. The SMILES string of the molecule is Cc1ccc(-n2c(SCC(=O)OC(C)(C)C)nc3ccccc3c2=O)cc1. The second-order valence-electron chi connectivity index (χ2n) is 7.26.